The van der Waals surface area contributed by atoms with E-state index in [-0.39, 0.29) is 5.91 Å². The number of amides is 1. The molecule has 0 aromatic heterocycles. The quantitative estimate of drug-likeness (QED) is 0.769. The molecule has 5 nitrogen and oxygen atoms in total. The monoisotopic (exact) mass is 276 g/mol. The molecule has 108 valence electrons. The third-order valence-electron chi connectivity index (χ3n) is 3.88. The average Bonchev–Trinajstić information content (AvgIpc) is 2.45. The molecule has 1 aliphatic heterocycles. The predicted octanol–water partition coefficient (Wildman–Crippen LogP) is 1.10. The van der Waals surface area contributed by atoms with Gasteiger partial charge in [0.15, 0.2) is 0 Å². The highest BCUT2D eigenvalue weighted by atomic mass is 16.4. The Morgan fingerprint density at radius 2 is 2.05 bits per heavy atom. The highest BCUT2D eigenvalue weighted by molar-refractivity contribution is 5.84. The summed E-state index contributed by atoms with van der Waals surface area (Å²) in [6, 6.07) is 7.04. The fraction of sp³-hybridized carbons (Fsp3) is 0.467. The van der Waals surface area contributed by atoms with Crippen LogP contribution in [0, 0.1) is 5.92 Å². The minimum absolute atomic E-state index is 0.169. The van der Waals surface area contributed by atoms with Gasteiger partial charge >= 0.3 is 5.97 Å². The SMILES string of the molecule is CC(NC(=O)C1NCCc2ccccc21)C(C)C(=O)O. The standard InChI is InChI=1S/C15H20N2O3/c1-9(15(19)20)10(2)17-14(18)13-12-6-4-3-5-11(12)7-8-16-13/h3-6,9-10,13,16H,7-8H2,1-2H3,(H,17,18)(H,19,20). The third kappa shape index (κ3) is 2.99. The molecule has 0 fully saturated rings. The van der Waals surface area contributed by atoms with Crippen molar-refractivity contribution in [2.45, 2.75) is 32.4 Å². The zero-order chi connectivity index (χ0) is 14.7. The number of fused-ring (bicyclic) bond motifs is 1. The Labute approximate surface area is 118 Å². The van der Waals surface area contributed by atoms with Gasteiger partial charge in [0.25, 0.3) is 0 Å². The summed E-state index contributed by atoms with van der Waals surface area (Å²) in [5.74, 6) is -1.69. The van der Waals surface area contributed by atoms with Crippen molar-refractivity contribution in [3.63, 3.8) is 0 Å². The summed E-state index contributed by atoms with van der Waals surface area (Å²) < 4.78 is 0. The average molecular weight is 276 g/mol. The van der Waals surface area contributed by atoms with Gasteiger partial charge < -0.3 is 15.7 Å². The van der Waals surface area contributed by atoms with Crippen LogP contribution >= 0.6 is 0 Å². The van der Waals surface area contributed by atoms with E-state index in [4.69, 9.17) is 5.11 Å². The molecule has 1 aromatic carbocycles. The summed E-state index contributed by atoms with van der Waals surface area (Å²) >= 11 is 0. The molecule has 1 aliphatic rings. The molecule has 0 aliphatic carbocycles. The Bertz CT molecular complexity index is 516. The highest BCUT2D eigenvalue weighted by Crippen LogP contribution is 2.23. The van der Waals surface area contributed by atoms with E-state index in [0.29, 0.717) is 0 Å². The van der Waals surface area contributed by atoms with E-state index >= 15 is 0 Å². The molecule has 0 radical (unpaired) electrons. The molecule has 2 rings (SSSR count). The van der Waals surface area contributed by atoms with Crippen molar-refractivity contribution in [1.82, 2.24) is 10.6 Å². The minimum atomic E-state index is -0.908. The van der Waals surface area contributed by atoms with Crippen molar-refractivity contribution in [2.24, 2.45) is 5.92 Å². The topological polar surface area (TPSA) is 78.4 Å². The van der Waals surface area contributed by atoms with E-state index in [1.807, 2.05) is 24.3 Å². The first-order valence-electron chi connectivity index (χ1n) is 6.85. The van der Waals surface area contributed by atoms with Crippen LogP contribution in [-0.4, -0.2) is 29.6 Å². The van der Waals surface area contributed by atoms with Gasteiger partial charge in [-0.1, -0.05) is 24.3 Å². The Balaban J connectivity index is 2.09. The van der Waals surface area contributed by atoms with Gasteiger partial charge in [0.2, 0.25) is 5.91 Å². The Morgan fingerprint density at radius 3 is 2.75 bits per heavy atom. The van der Waals surface area contributed by atoms with Gasteiger partial charge in [0.05, 0.1) is 5.92 Å². The number of aliphatic carboxylic acids is 1. The van der Waals surface area contributed by atoms with Gasteiger partial charge in [-0.2, -0.15) is 0 Å². The molecular formula is C15H20N2O3. The van der Waals surface area contributed by atoms with Crippen LogP contribution in [0.5, 0.6) is 0 Å². The summed E-state index contributed by atoms with van der Waals surface area (Å²) in [6.07, 6.45) is 0.904. The molecule has 0 saturated heterocycles. The summed E-state index contributed by atoms with van der Waals surface area (Å²) in [5.41, 5.74) is 2.15. The molecule has 3 atom stereocenters. The second-order valence-corrected chi connectivity index (χ2v) is 5.26. The first-order valence-corrected chi connectivity index (χ1v) is 6.85. The van der Waals surface area contributed by atoms with Crippen molar-refractivity contribution < 1.29 is 14.7 Å². The van der Waals surface area contributed by atoms with Gasteiger partial charge in [0.1, 0.15) is 6.04 Å². The maximum Gasteiger partial charge on any atom is 0.308 e. The fourth-order valence-electron chi connectivity index (χ4n) is 2.39. The Kier molecular flexibility index (Phi) is 4.39. The van der Waals surface area contributed by atoms with Crippen LogP contribution < -0.4 is 10.6 Å². The van der Waals surface area contributed by atoms with Crippen molar-refractivity contribution in [1.29, 1.82) is 0 Å². The molecule has 3 N–H and O–H groups in total. The van der Waals surface area contributed by atoms with E-state index < -0.39 is 24.0 Å². The largest absolute Gasteiger partial charge is 0.481 e. The van der Waals surface area contributed by atoms with E-state index in [1.54, 1.807) is 13.8 Å². The molecule has 3 unspecified atom stereocenters. The van der Waals surface area contributed by atoms with E-state index in [9.17, 15) is 9.59 Å². The van der Waals surface area contributed by atoms with Crippen LogP contribution in [0.25, 0.3) is 0 Å². The summed E-state index contributed by atoms with van der Waals surface area (Å²) in [6.45, 7) is 4.05. The summed E-state index contributed by atoms with van der Waals surface area (Å²) in [4.78, 5) is 23.3. The number of benzene rings is 1. The predicted molar refractivity (Wildman–Crippen MR) is 75.3 cm³/mol. The lowest BCUT2D eigenvalue weighted by Crippen LogP contribution is -2.47. The zero-order valence-electron chi connectivity index (χ0n) is 11.7. The smallest absolute Gasteiger partial charge is 0.308 e. The summed E-state index contributed by atoms with van der Waals surface area (Å²) in [5, 5.41) is 14.9. The van der Waals surface area contributed by atoms with Gasteiger partial charge in [-0.05, 0) is 31.4 Å². The molecular weight excluding hydrogens is 256 g/mol. The number of rotatable bonds is 4. The third-order valence-corrected chi connectivity index (χ3v) is 3.88. The Morgan fingerprint density at radius 1 is 1.35 bits per heavy atom. The lowest BCUT2D eigenvalue weighted by atomic mass is 9.93. The molecule has 1 heterocycles. The lowest BCUT2D eigenvalue weighted by molar-refractivity contribution is -0.142. The molecule has 20 heavy (non-hydrogen) atoms. The van der Waals surface area contributed by atoms with Crippen molar-refractivity contribution in [3.8, 4) is 0 Å². The maximum atomic E-state index is 12.3. The number of hydrogen-bond acceptors (Lipinski definition) is 3. The van der Waals surface area contributed by atoms with Gasteiger partial charge in [0, 0.05) is 12.6 Å². The van der Waals surface area contributed by atoms with Crippen molar-refractivity contribution in [3.05, 3.63) is 35.4 Å². The van der Waals surface area contributed by atoms with Crippen molar-refractivity contribution in [2.75, 3.05) is 6.54 Å². The summed E-state index contributed by atoms with van der Waals surface area (Å²) in [7, 11) is 0. The van der Waals surface area contributed by atoms with Crippen LogP contribution in [0.15, 0.2) is 24.3 Å². The normalized spacial score (nSPS) is 20.6. The molecule has 5 heteroatoms. The van der Waals surface area contributed by atoms with E-state index in [0.717, 1.165) is 18.5 Å². The number of carbonyl (C=O) groups excluding carboxylic acids is 1. The van der Waals surface area contributed by atoms with Crippen LogP contribution in [0.3, 0.4) is 0 Å². The molecule has 0 spiro atoms. The number of hydrogen-bond donors (Lipinski definition) is 3. The number of nitrogens with one attached hydrogen (secondary N) is 2. The van der Waals surface area contributed by atoms with E-state index in [1.165, 1.54) is 5.56 Å². The first kappa shape index (κ1) is 14.5. The van der Waals surface area contributed by atoms with Crippen LogP contribution in [-0.2, 0) is 16.0 Å². The van der Waals surface area contributed by atoms with E-state index in [2.05, 4.69) is 10.6 Å². The highest BCUT2D eigenvalue weighted by Gasteiger charge is 2.28. The second-order valence-electron chi connectivity index (χ2n) is 5.26. The molecule has 0 bridgehead atoms. The Hall–Kier alpha value is -1.88. The maximum absolute atomic E-state index is 12.3. The van der Waals surface area contributed by atoms with Crippen molar-refractivity contribution >= 4 is 11.9 Å². The lowest BCUT2D eigenvalue weighted by Gasteiger charge is -2.28. The van der Waals surface area contributed by atoms with Crippen LogP contribution in [0.4, 0.5) is 0 Å². The first-order chi connectivity index (χ1) is 9.50. The molecule has 1 aromatic rings. The number of carbonyl (C=O) groups is 2. The molecule has 1 amide bonds. The van der Waals surface area contributed by atoms with Crippen LogP contribution in [0.2, 0.25) is 0 Å². The zero-order valence-corrected chi connectivity index (χ0v) is 11.7. The minimum Gasteiger partial charge on any atom is -0.481 e. The fourth-order valence-corrected chi connectivity index (χ4v) is 2.39. The van der Waals surface area contributed by atoms with Gasteiger partial charge in [-0.15, -0.1) is 0 Å². The van der Waals surface area contributed by atoms with Gasteiger partial charge in [-0.25, -0.2) is 0 Å². The second kappa shape index (κ2) is 6.05. The van der Waals surface area contributed by atoms with Gasteiger partial charge in [-0.3, -0.25) is 9.59 Å². The number of carboxylic acid groups (broad SMARTS) is 1. The molecule has 0 saturated carbocycles. The van der Waals surface area contributed by atoms with Crippen LogP contribution in [0.1, 0.15) is 31.0 Å². The number of carboxylic acids is 1.